The number of rotatable bonds is 2. The van der Waals surface area contributed by atoms with Gasteiger partial charge in [-0.15, -0.1) is 0 Å². The lowest BCUT2D eigenvalue weighted by Gasteiger charge is -2.10. The summed E-state index contributed by atoms with van der Waals surface area (Å²) in [5.41, 5.74) is 4.02. The SMILES string of the molecule is COc1ccc(C)c(CI)c1C. The van der Waals surface area contributed by atoms with Gasteiger partial charge in [0.25, 0.3) is 0 Å². The average Bonchev–Trinajstić information content (AvgIpc) is 2.06. The smallest absolute Gasteiger partial charge is 0.122 e. The molecule has 0 unspecified atom stereocenters. The number of alkyl halides is 1. The fourth-order valence-electron chi connectivity index (χ4n) is 1.30. The Labute approximate surface area is 87.3 Å². The summed E-state index contributed by atoms with van der Waals surface area (Å²) in [6.45, 7) is 4.25. The molecule has 0 aliphatic heterocycles. The molecule has 0 N–H and O–H groups in total. The van der Waals surface area contributed by atoms with Gasteiger partial charge in [-0.3, -0.25) is 0 Å². The zero-order chi connectivity index (χ0) is 9.14. The fourth-order valence-corrected chi connectivity index (χ4v) is 2.47. The van der Waals surface area contributed by atoms with Crippen molar-refractivity contribution in [3.8, 4) is 5.75 Å². The third-order valence-corrected chi connectivity index (χ3v) is 2.90. The number of hydrogen-bond acceptors (Lipinski definition) is 1. The van der Waals surface area contributed by atoms with Crippen LogP contribution in [0.5, 0.6) is 5.75 Å². The highest BCUT2D eigenvalue weighted by atomic mass is 127. The van der Waals surface area contributed by atoms with Crippen molar-refractivity contribution in [3.63, 3.8) is 0 Å². The number of ether oxygens (including phenoxy) is 1. The van der Waals surface area contributed by atoms with Crippen molar-refractivity contribution in [1.82, 2.24) is 0 Å². The highest BCUT2D eigenvalue weighted by Crippen LogP contribution is 2.25. The Morgan fingerprint density at radius 2 is 2.00 bits per heavy atom. The van der Waals surface area contributed by atoms with E-state index in [1.807, 2.05) is 6.07 Å². The van der Waals surface area contributed by atoms with Gasteiger partial charge in [0.2, 0.25) is 0 Å². The maximum atomic E-state index is 5.24. The highest BCUT2D eigenvalue weighted by Gasteiger charge is 2.05. The minimum absolute atomic E-state index is 0.993. The zero-order valence-corrected chi connectivity index (χ0v) is 9.81. The van der Waals surface area contributed by atoms with Gasteiger partial charge in [-0.05, 0) is 36.6 Å². The summed E-state index contributed by atoms with van der Waals surface area (Å²) in [4.78, 5) is 0. The van der Waals surface area contributed by atoms with Gasteiger partial charge in [0.15, 0.2) is 0 Å². The Morgan fingerprint density at radius 1 is 1.33 bits per heavy atom. The van der Waals surface area contributed by atoms with Gasteiger partial charge < -0.3 is 4.74 Å². The summed E-state index contributed by atoms with van der Waals surface area (Å²) in [7, 11) is 1.72. The quantitative estimate of drug-likeness (QED) is 0.595. The molecule has 66 valence electrons. The number of hydrogen-bond donors (Lipinski definition) is 0. The van der Waals surface area contributed by atoms with E-state index in [-0.39, 0.29) is 0 Å². The Kier molecular flexibility index (Phi) is 3.38. The van der Waals surface area contributed by atoms with Crippen LogP contribution in [0.15, 0.2) is 12.1 Å². The van der Waals surface area contributed by atoms with Crippen LogP contribution in [0.25, 0.3) is 0 Å². The van der Waals surface area contributed by atoms with E-state index in [2.05, 4.69) is 42.5 Å². The summed E-state index contributed by atoms with van der Waals surface area (Å²) in [5.74, 6) is 0.993. The molecule has 2 heteroatoms. The number of benzene rings is 1. The van der Waals surface area contributed by atoms with Gasteiger partial charge >= 0.3 is 0 Å². The lowest BCUT2D eigenvalue weighted by Crippen LogP contribution is -1.94. The molecule has 0 bridgehead atoms. The molecular weight excluding hydrogens is 263 g/mol. The minimum Gasteiger partial charge on any atom is -0.496 e. The van der Waals surface area contributed by atoms with Crippen LogP contribution in [0.3, 0.4) is 0 Å². The van der Waals surface area contributed by atoms with Crippen LogP contribution >= 0.6 is 22.6 Å². The molecule has 0 amide bonds. The molecule has 0 aliphatic carbocycles. The maximum absolute atomic E-state index is 5.24. The Hall–Kier alpha value is -0.250. The normalized spacial score (nSPS) is 10.0. The lowest BCUT2D eigenvalue weighted by atomic mass is 10.0. The van der Waals surface area contributed by atoms with E-state index < -0.39 is 0 Å². The van der Waals surface area contributed by atoms with Crippen molar-refractivity contribution in [3.05, 3.63) is 28.8 Å². The first-order valence-electron chi connectivity index (χ1n) is 3.89. The summed E-state index contributed by atoms with van der Waals surface area (Å²) in [5, 5.41) is 0. The zero-order valence-electron chi connectivity index (χ0n) is 7.65. The average molecular weight is 276 g/mol. The summed E-state index contributed by atoms with van der Waals surface area (Å²) in [6.07, 6.45) is 0. The van der Waals surface area contributed by atoms with Gasteiger partial charge in [0.05, 0.1) is 7.11 Å². The molecule has 0 saturated carbocycles. The van der Waals surface area contributed by atoms with Gasteiger partial charge in [-0.1, -0.05) is 28.7 Å². The molecule has 0 aliphatic rings. The Balaban J connectivity index is 3.24. The van der Waals surface area contributed by atoms with Crippen molar-refractivity contribution in [2.24, 2.45) is 0 Å². The molecule has 1 rings (SSSR count). The second kappa shape index (κ2) is 4.12. The maximum Gasteiger partial charge on any atom is 0.122 e. The van der Waals surface area contributed by atoms with E-state index in [4.69, 9.17) is 4.74 Å². The first-order chi connectivity index (χ1) is 5.70. The molecule has 0 fully saturated rings. The number of methoxy groups -OCH3 is 1. The van der Waals surface area contributed by atoms with Gasteiger partial charge in [0, 0.05) is 4.43 Å². The molecule has 1 nitrogen and oxygen atoms in total. The second-order valence-electron chi connectivity index (χ2n) is 2.82. The third-order valence-electron chi connectivity index (χ3n) is 2.14. The molecule has 0 aromatic heterocycles. The van der Waals surface area contributed by atoms with Crippen molar-refractivity contribution >= 4 is 22.6 Å². The minimum atomic E-state index is 0.993. The standard InChI is InChI=1S/C10H13IO/c1-7-4-5-10(12-3)8(2)9(7)6-11/h4-5H,6H2,1-3H3. The van der Waals surface area contributed by atoms with Crippen LogP contribution in [0.1, 0.15) is 16.7 Å². The topological polar surface area (TPSA) is 9.23 Å². The van der Waals surface area contributed by atoms with E-state index >= 15 is 0 Å². The summed E-state index contributed by atoms with van der Waals surface area (Å²) in [6, 6.07) is 4.14. The number of halogens is 1. The second-order valence-corrected chi connectivity index (χ2v) is 3.58. The van der Waals surface area contributed by atoms with E-state index in [0.29, 0.717) is 0 Å². The largest absolute Gasteiger partial charge is 0.496 e. The molecule has 1 aromatic carbocycles. The van der Waals surface area contributed by atoms with Gasteiger partial charge in [0.1, 0.15) is 5.75 Å². The van der Waals surface area contributed by atoms with E-state index in [0.717, 1.165) is 10.2 Å². The predicted octanol–water partition coefficient (Wildman–Crippen LogP) is 3.25. The van der Waals surface area contributed by atoms with E-state index in [1.54, 1.807) is 7.11 Å². The molecule has 0 saturated heterocycles. The van der Waals surface area contributed by atoms with Crippen molar-refractivity contribution in [2.75, 3.05) is 7.11 Å². The first-order valence-corrected chi connectivity index (χ1v) is 5.42. The monoisotopic (exact) mass is 276 g/mol. The molecule has 0 heterocycles. The summed E-state index contributed by atoms with van der Waals surface area (Å²) >= 11 is 2.38. The predicted molar refractivity (Wildman–Crippen MR) is 60.2 cm³/mol. The summed E-state index contributed by atoms with van der Waals surface area (Å²) < 4.78 is 6.29. The molecule has 0 atom stereocenters. The lowest BCUT2D eigenvalue weighted by molar-refractivity contribution is 0.411. The van der Waals surface area contributed by atoms with Crippen LogP contribution in [-0.4, -0.2) is 7.11 Å². The van der Waals surface area contributed by atoms with Crippen LogP contribution in [0, 0.1) is 13.8 Å². The third kappa shape index (κ3) is 1.73. The van der Waals surface area contributed by atoms with E-state index in [1.165, 1.54) is 16.7 Å². The van der Waals surface area contributed by atoms with Crippen LogP contribution < -0.4 is 4.74 Å². The van der Waals surface area contributed by atoms with Crippen LogP contribution in [0.2, 0.25) is 0 Å². The van der Waals surface area contributed by atoms with Crippen LogP contribution in [0.4, 0.5) is 0 Å². The molecular formula is C10H13IO. The molecule has 12 heavy (non-hydrogen) atoms. The van der Waals surface area contributed by atoms with Crippen molar-refractivity contribution in [2.45, 2.75) is 18.3 Å². The first kappa shape index (κ1) is 9.84. The fraction of sp³-hybridized carbons (Fsp3) is 0.400. The van der Waals surface area contributed by atoms with Gasteiger partial charge in [-0.25, -0.2) is 0 Å². The highest BCUT2D eigenvalue weighted by molar-refractivity contribution is 14.1. The number of aryl methyl sites for hydroxylation is 1. The van der Waals surface area contributed by atoms with Gasteiger partial charge in [-0.2, -0.15) is 0 Å². The Bertz CT molecular complexity index is 281. The Morgan fingerprint density at radius 3 is 2.50 bits per heavy atom. The van der Waals surface area contributed by atoms with E-state index in [9.17, 15) is 0 Å². The molecule has 0 radical (unpaired) electrons. The molecule has 1 aromatic rings. The molecule has 0 spiro atoms. The van der Waals surface area contributed by atoms with Crippen molar-refractivity contribution in [1.29, 1.82) is 0 Å². The van der Waals surface area contributed by atoms with Crippen LogP contribution in [-0.2, 0) is 4.43 Å². The van der Waals surface area contributed by atoms with Crippen molar-refractivity contribution < 1.29 is 4.74 Å².